The van der Waals surface area contributed by atoms with E-state index in [-0.39, 0.29) is 9.75 Å². The number of aliphatic hydroxyl groups excluding tert-OH is 2. The molecule has 1 heterocycles. The second-order valence-electron chi connectivity index (χ2n) is 2.53. The highest BCUT2D eigenvalue weighted by atomic mass is 32.1. The summed E-state index contributed by atoms with van der Waals surface area (Å²) in [5, 5.41) is 35.2. The maximum atomic E-state index is 10.5. The minimum absolute atomic E-state index is 0.0594. The third-order valence-corrected chi connectivity index (χ3v) is 2.70. The minimum Gasteiger partial charge on any atom is -0.477 e. The molecule has 0 aliphatic carbocycles. The molecule has 2 atom stereocenters. The quantitative estimate of drug-likeness (QED) is 0.629. The van der Waals surface area contributed by atoms with Crippen molar-refractivity contribution >= 4 is 17.3 Å². The van der Waals surface area contributed by atoms with Crippen LogP contribution in [0.4, 0.5) is 0 Å². The van der Waals surface area contributed by atoms with E-state index < -0.39 is 18.2 Å². The molecule has 0 aromatic carbocycles. The predicted octanol–water partition coefficient (Wildman–Crippen LogP) is 0.364. The summed E-state index contributed by atoms with van der Waals surface area (Å²) >= 11 is 0.832. The van der Waals surface area contributed by atoms with Crippen molar-refractivity contribution in [3.63, 3.8) is 0 Å². The summed E-state index contributed by atoms with van der Waals surface area (Å²) in [4.78, 5) is 10.8. The van der Waals surface area contributed by atoms with Crippen molar-refractivity contribution in [3.8, 4) is 6.07 Å². The summed E-state index contributed by atoms with van der Waals surface area (Å²) in [6, 6.07) is 4.16. The van der Waals surface area contributed by atoms with Crippen molar-refractivity contribution in [1.29, 1.82) is 5.26 Å². The molecule has 0 aliphatic rings. The predicted molar refractivity (Wildman–Crippen MR) is 47.9 cm³/mol. The zero-order valence-electron chi connectivity index (χ0n) is 6.91. The van der Waals surface area contributed by atoms with Crippen LogP contribution in [0.15, 0.2) is 12.1 Å². The standard InChI is InChI=1S/C8H7NO4S/c9-3-4(10)7(11)5-1-2-6(14-5)8(12)13/h1-2,4,7,10-11H,(H,12,13). The molecule has 0 saturated heterocycles. The molecule has 1 rings (SSSR count). The van der Waals surface area contributed by atoms with E-state index in [9.17, 15) is 9.90 Å². The highest BCUT2D eigenvalue weighted by molar-refractivity contribution is 7.14. The first-order chi connectivity index (χ1) is 6.56. The molecule has 5 nitrogen and oxygen atoms in total. The number of nitrogens with zero attached hydrogens (tertiary/aromatic N) is 1. The molecule has 0 bridgehead atoms. The van der Waals surface area contributed by atoms with Gasteiger partial charge in [0.1, 0.15) is 11.0 Å². The van der Waals surface area contributed by atoms with Gasteiger partial charge in [0.2, 0.25) is 0 Å². The van der Waals surface area contributed by atoms with Crippen LogP contribution in [0.2, 0.25) is 0 Å². The van der Waals surface area contributed by atoms with E-state index in [4.69, 9.17) is 15.5 Å². The van der Waals surface area contributed by atoms with Gasteiger partial charge in [-0.2, -0.15) is 5.26 Å². The highest BCUT2D eigenvalue weighted by Crippen LogP contribution is 2.25. The summed E-state index contributed by atoms with van der Waals surface area (Å²) in [5.74, 6) is -1.10. The topological polar surface area (TPSA) is 102 Å². The number of thiophene rings is 1. The van der Waals surface area contributed by atoms with Crippen LogP contribution in [-0.2, 0) is 0 Å². The summed E-state index contributed by atoms with van der Waals surface area (Å²) in [6.07, 6.45) is -2.88. The van der Waals surface area contributed by atoms with E-state index in [1.165, 1.54) is 18.2 Å². The van der Waals surface area contributed by atoms with Gasteiger partial charge in [-0.25, -0.2) is 4.79 Å². The molecule has 0 spiro atoms. The Morgan fingerprint density at radius 2 is 2.14 bits per heavy atom. The molecule has 74 valence electrons. The minimum atomic E-state index is -1.53. The van der Waals surface area contributed by atoms with Crippen molar-refractivity contribution in [3.05, 3.63) is 21.9 Å². The molecule has 0 radical (unpaired) electrons. The van der Waals surface area contributed by atoms with Crippen molar-refractivity contribution in [2.75, 3.05) is 0 Å². The second-order valence-corrected chi connectivity index (χ2v) is 3.64. The number of carbonyl (C=O) groups is 1. The molecule has 3 N–H and O–H groups in total. The molecule has 0 amide bonds. The molecule has 0 fully saturated rings. The van der Waals surface area contributed by atoms with E-state index in [2.05, 4.69) is 0 Å². The Kier molecular flexibility index (Phi) is 3.19. The van der Waals surface area contributed by atoms with E-state index in [0.29, 0.717) is 0 Å². The number of hydrogen-bond acceptors (Lipinski definition) is 5. The number of carboxylic acids is 1. The van der Waals surface area contributed by atoms with Gasteiger partial charge in [0.15, 0.2) is 6.10 Å². The van der Waals surface area contributed by atoms with Crippen molar-refractivity contribution in [1.82, 2.24) is 0 Å². The molecule has 1 aromatic heterocycles. The lowest BCUT2D eigenvalue weighted by molar-refractivity contribution is 0.0552. The molecule has 14 heavy (non-hydrogen) atoms. The first kappa shape index (κ1) is 10.7. The van der Waals surface area contributed by atoms with Crippen LogP contribution in [-0.4, -0.2) is 27.4 Å². The first-order valence-electron chi connectivity index (χ1n) is 3.65. The monoisotopic (exact) mass is 213 g/mol. The number of rotatable bonds is 3. The molecule has 1 aromatic rings. The molecule has 0 saturated carbocycles. The Balaban J connectivity index is 2.87. The summed E-state index contributed by atoms with van der Waals surface area (Å²) in [7, 11) is 0. The average Bonchev–Trinajstić information content (AvgIpc) is 2.64. The zero-order chi connectivity index (χ0) is 10.7. The van der Waals surface area contributed by atoms with Crippen LogP contribution < -0.4 is 0 Å². The summed E-state index contributed by atoms with van der Waals surface area (Å²) in [5.41, 5.74) is 0. The average molecular weight is 213 g/mol. The number of hydrogen-bond donors (Lipinski definition) is 3. The summed E-state index contributed by atoms with van der Waals surface area (Å²) < 4.78 is 0. The van der Waals surface area contributed by atoms with Gasteiger partial charge in [0, 0.05) is 4.88 Å². The number of aromatic carboxylic acids is 1. The van der Waals surface area contributed by atoms with Crippen LogP contribution in [0.3, 0.4) is 0 Å². The smallest absolute Gasteiger partial charge is 0.345 e. The van der Waals surface area contributed by atoms with E-state index in [0.717, 1.165) is 11.3 Å². The highest BCUT2D eigenvalue weighted by Gasteiger charge is 2.20. The molecular formula is C8H7NO4S. The number of carboxylic acid groups (broad SMARTS) is 1. The number of nitriles is 1. The van der Waals surface area contributed by atoms with E-state index in [1.807, 2.05) is 0 Å². The van der Waals surface area contributed by atoms with Gasteiger partial charge in [-0.3, -0.25) is 0 Å². The van der Waals surface area contributed by atoms with Gasteiger partial charge in [-0.1, -0.05) is 0 Å². The maximum absolute atomic E-state index is 10.5. The fraction of sp³-hybridized carbons (Fsp3) is 0.250. The first-order valence-corrected chi connectivity index (χ1v) is 4.46. The zero-order valence-corrected chi connectivity index (χ0v) is 7.73. The number of aliphatic hydroxyl groups is 2. The van der Waals surface area contributed by atoms with Gasteiger partial charge in [0.05, 0.1) is 6.07 Å². The van der Waals surface area contributed by atoms with Gasteiger partial charge in [-0.05, 0) is 12.1 Å². The molecule has 6 heteroatoms. The lowest BCUT2D eigenvalue weighted by Gasteiger charge is -2.07. The Bertz CT molecular complexity index is 381. The normalized spacial score (nSPS) is 14.4. The van der Waals surface area contributed by atoms with E-state index >= 15 is 0 Å². The lowest BCUT2D eigenvalue weighted by Crippen LogP contribution is -2.14. The Morgan fingerprint density at radius 1 is 1.50 bits per heavy atom. The Morgan fingerprint density at radius 3 is 2.57 bits per heavy atom. The Labute approximate surface area is 83.5 Å². The van der Waals surface area contributed by atoms with Crippen LogP contribution in [0, 0.1) is 11.3 Å². The van der Waals surface area contributed by atoms with Gasteiger partial charge < -0.3 is 15.3 Å². The fourth-order valence-corrected chi connectivity index (χ4v) is 1.72. The van der Waals surface area contributed by atoms with Gasteiger partial charge in [0.25, 0.3) is 0 Å². The maximum Gasteiger partial charge on any atom is 0.345 e. The lowest BCUT2D eigenvalue weighted by atomic mass is 10.2. The molecule has 0 aliphatic heterocycles. The second kappa shape index (κ2) is 4.19. The SMILES string of the molecule is N#CC(O)C(O)c1ccc(C(=O)O)s1. The summed E-state index contributed by atoms with van der Waals surface area (Å²) in [6.45, 7) is 0. The molecule has 2 unspecified atom stereocenters. The van der Waals surface area contributed by atoms with Gasteiger partial charge >= 0.3 is 5.97 Å². The van der Waals surface area contributed by atoms with Crippen LogP contribution in [0.5, 0.6) is 0 Å². The van der Waals surface area contributed by atoms with Crippen LogP contribution in [0.1, 0.15) is 20.7 Å². The third-order valence-electron chi connectivity index (χ3n) is 1.56. The van der Waals surface area contributed by atoms with Crippen molar-refractivity contribution < 1.29 is 20.1 Å². The largest absolute Gasteiger partial charge is 0.477 e. The van der Waals surface area contributed by atoms with E-state index in [1.54, 1.807) is 0 Å². The molecular weight excluding hydrogens is 206 g/mol. The van der Waals surface area contributed by atoms with Gasteiger partial charge in [-0.15, -0.1) is 11.3 Å². The van der Waals surface area contributed by atoms with Crippen molar-refractivity contribution in [2.45, 2.75) is 12.2 Å². The fourth-order valence-electron chi connectivity index (χ4n) is 0.853. The Hall–Kier alpha value is -1.42. The third kappa shape index (κ3) is 2.09. The van der Waals surface area contributed by atoms with Crippen LogP contribution in [0.25, 0.3) is 0 Å². The van der Waals surface area contributed by atoms with Crippen molar-refractivity contribution in [2.24, 2.45) is 0 Å². The van der Waals surface area contributed by atoms with Crippen LogP contribution >= 0.6 is 11.3 Å².